The molecule has 80 valence electrons. The maximum Gasteiger partial charge on any atom is 0.0414 e. The molecule has 1 rings (SSSR count). The second-order valence-electron chi connectivity index (χ2n) is 5.20. The van der Waals surface area contributed by atoms with Crippen LogP contribution < -0.4 is 0 Å². The van der Waals surface area contributed by atoms with E-state index in [2.05, 4.69) is 10.0 Å². The molecule has 0 radical (unpaired) electrons. The van der Waals surface area contributed by atoms with E-state index in [4.69, 9.17) is 5.53 Å². The van der Waals surface area contributed by atoms with Crippen LogP contribution in [0.3, 0.4) is 0 Å². The maximum atomic E-state index is 9.95. The highest BCUT2D eigenvalue weighted by molar-refractivity contribution is 4.98. The van der Waals surface area contributed by atoms with Crippen molar-refractivity contribution in [3.8, 4) is 0 Å². The van der Waals surface area contributed by atoms with E-state index < -0.39 is 0 Å². The highest BCUT2D eigenvalue weighted by atomic mass is 16.5. The van der Waals surface area contributed by atoms with Crippen molar-refractivity contribution in [3.05, 3.63) is 10.4 Å². The van der Waals surface area contributed by atoms with Gasteiger partial charge in [0.25, 0.3) is 0 Å². The fraction of sp³-hybridized carbons (Fsp3) is 1.00. The highest BCUT2D eigenvalue weighted by Crippen LogP contribution is 2.37. The lowest BCUT2D eigenvalue weighted by molar-refractivity contribution is -0.244. The summed E-state index contributed by atoms with van der Waals surface area (Å²) in [5.74, 6) is 0. The normalized spacial score (nSPS) is 26.9. The summed E-state index contributed by atoms with van der Waals surface area (Å²) < 4.78 is 0. The van der Waals surface area contributed by atoms with Gasteiger partial charge in [0.1, 0.15) is 0 Å². The third kappa shape index (κ3) is 2.00. The zero-order valence-electron chi connectivity index (χ0n) is 9.23. The molecule has 0 bridgehead atoms. The van der Waals surface area contributed by atoms with Crippen LogP contribution in [0.1, 0.15) is 40.5 Å². The summed E-state index contributed by atoms with van der Waals surface area (Å²) in [5.41, 5.74) is 7.74. The molecule has 5 heteroatoms. The van der Waals surface area contributed by atoms with E-state index in [1.54, 1.807) is 0 Å². The first-order valence-electron chi connectivity index (χ1n) is 4.83. The van der Waals surface area contributed by atoms with E-state index in [1.165, 1.54) is 5.06 Å². The number of rotatable bonds is 1. The average Bonchev–Trinajstić information content (AvgIpc) is 1.99. The zero-order valence-corrected chi connectivity index (χ0v) is 9.23. The summed E-state index contributed by atoms with van der Waals surface area (Å²) in [5, 5.41) is 15.1. The fourth-order valence-electron chi connectivity index (χ4n) is 2.37. The number of nitrogens with zero attached hydrogens (tertiary/aromatic N) is 4. The van der Waals surface area contributed by atoms with Crippen LogP contribution in [0.25, 0.3) is 10.4 Å². The Kier molecular flexibility index (Phi) is 2.76. The monoisotopic (exact) mass is 198 g/mol. The molecular weight excluding hydrogens is 180 g/mol. The molecule has 1 aliphatic rings. The molecule has 0 saturated carbocycles. The van der Waals surface area contributed by atoms with Crippen molar-refractivity contribution in [2.24, 2.45) is 5.11 Å². The van der Waals surface area contributed by atoms with Gasteiger partial charge in [-0.25, -0.2) is 0 Å². The van der Waals surface area contributed by atoms with E-state index in [1.807, 2.05) is 27.7 Å². The van der Waals surface area contributed by atoms with Crippen LogP contribution in [0.2, 0.25) is 0 Å². The number of azide groups is 1. The molecule has 1 N–H and O–H groups in total. The molecule has 0 aromatic heterocycles. The van der Waals surface area contributed by atoms with Gasteiger partial charge in [0.15, 0.2) is 0 Å². The molecule has 1 saturated heterocycles. The molecule has 0 aromatic carbocycles. The SMILES string of the molecule is CC1(C)CC(N=[N+]=[N-])CC(C)(C)N1O. The molecule has 1 heterocycles. The van der Waals surface area contributed by atoms with Gasteiger partial charge >= 0.3 is 0 Å². The van der Waals surface area contributed by atoms with E-state index >= 15 is 0 Å². The molecule has 0 amide bonds. The molecule has 1 aliphatic heterocycles. The minimum atomic E-state index is -0.333. The summed E-state index contributed by atoms with van der Waals surface area (Å²) in [4.78, 5) is 2.84. The predicted molar refractivity (Wildman–Crippen MR) is 54.0 cm³/mol. The summed E-state index contributed by atoms with van der Waals surface area (Å²) in [6.07, 6.45) is 1.38. The third-order valence-electron chi connectivity index (χ3n) is 2.83. The Bertz CT molecular complexity index is 250. The minimum Gasteiger partial charge on any atom is -0.313 e. The fourth-order valence-corrected chi connectivity index (χ4v) is 2.37. The van der Waals surface area contributed by atoms with Gasteiger partial charge in [0, 0.05) is 22.0 Å². The zero-order chi connectivity index (χ0) is 11.0. The topological polar surface area (TPSA) is 72.2 Å². The second kappa shape index (κ2) is 3.42. The van der Waals surface area contributed by atoms with Gasteiger partial charge in [-0.15, -0.1) is 0 Å². The Morgan fingerprint density at radius 3 is 2.07 bits per heavy atom. The molecule has 0 aromatic rings. The van der Waals surface area contributed by atoms with Crippen molar-refractivity contribution in [2.75, 3.05) is 0 Å². The number of hydroxylamine groups is 2. The number of piperidine rings is 1. The lowest BCUT2D eigenvalue weighted by atomic mass is 9.79. The highest BCUT2D eigenvalue weighted by Gasteiger charge is 2.44. The van der Waals surface area contributed by atoms with E-state index in [0.717, 1.165) is 0 Å². The molecule has 1 fully saturated rings. The van der Waals surface area contributed by atoms with Gasteiger partial charge in [-0.1, -0.05) is 5.11 Å². The molecule has 0 unspecified atom stereocenters. The Hall–Kier alpha value is -0.770. The van der Waals surface area contributed by atoms with Gasteiger partial charge in [0.2, 0.25) is 0 Å². The first-order valence-corrected chi connectivity index (χ1v) is 4.83. The summed E-state index contributed by atoms with van der Waals surface area (Å²) >= 11 is 0. The van der Waals surface area contributed by atoms with Crippen LogP contribution in [0.5, 0.6) is 0 Å². The Labute approximate surface area is 84.3 Å². The van der Waals surface area contributed by atoms with Crippen molar-refractivity contribution in [3.63, 3.8) is 0 Å². The standard InChI is InChI=1S/C9H18N4O/c1-8(2)5-7(11-12-10)6-9(3,4)13(8)14/h7,14H,5-6H2,1-4H3. The summed E-state index contributed by atoms with van der Waals surface area (Å²) in [7, 11) is 0. The molecule has 0 atom stereocenters. The van der Waals surface area contributed by atoms with Crippen LogP contribution in [0.4, 0.5) is 0 Å². The Morgan fingerprint density at radius 2 is 1.71 bits per heavy atom. The van der Waals surface area contributed by atoms with E-state index in [0.29, 0.717) is 12.8 Å². The van der Waals surface area contributed by atoms with Crippen LogP contribution >= 0.6 is 0 Å². The minimum absolute atomic E-state index is 0.0200. The van der Waals surface area contributed by atoms with Gasteiger partial charge in [-0.2, -0.15) is 5.06 Å². The first kappa shape index (κ1) is 11.3. The van der Waals surface area contributed by atoms with Crippen molar-refractivity contribution < 1.29 is 5.21 Å². The Morgan fingerprint density at radius 1 is 1.29 bits per heavy atom. The quantitative estimate of drug-likeness (QED) is 0.399. The number of hydrogen-bond donors (Lipinski definition) is 1. The number of hydrogen-bond acceptors (Lipinski definition) is 3. The van der Waals surface area contributed by atoms with Crippen molar-refractivity contribution in [1.29, 1.82) is 0 Å². The van der Waals surface area contributed by atoms with Gasteiger partial charge in [-0.05, 0) is 46.1 Å². The third-order valence-corrected chi connectivity index (χ3v) is 2.83. The molecule has 0 spiro atoms. The van der Waals surface area contributed by atoms with Crippen LogP contribution in [0, 0.1) is 0 Å². The predicted octanol–water partition coefficient (Wildman–Crippen LogP) is 2.71. The lowest BCUT2D eigenvalue weighted by Gasteiger charge is -2.50. The van der Waals surface area contributed by atoms with Gasteiger partial charge in [0.05, 0.1) is 0 Å². The molecule has 14 heavy (non-hydrogen) atoms. The van der Waals surface area contributed by atoms with Crippen LogP contribution in [-0.4, -0.2) is 27.4 Å². The maximum absolute atomic E-state index is 9.95. The van der Waals surface area contributed by atoms with Crippen molar-refractivity contribution >= 4 is 0 Å². The lowest BCUT2D eigenvalue weighted by Crippen LogP contribution is -2.59. The summed E-state index contributed by atoms with van der Waals surface area (Å²) in [6.45, 7) is 7.81. The van der Waals surface area contributed by atoms with E-state index in [-0.39, 0.29) is 17.1 Å². The van der Waals surface area contributed by atoms with Crippen molar-refractivity contribution in [2.45, 2.75) is 57.7 Å². The van der Waals surface area contributed by atoms with Gasteiger partial charge in [-0.3, -0.25) is 0 Å². The van der Waals surface area contributed by atoms with Crippen LogP contribution in [0.15, 0.2) is 5.11 Å². The van der Waals surface area contributed by atoms with Crippen molar-refractivity contribution in [1.82, 2.24) is 5.06 Å². The molecule has 5 nitrogen and oxygen atoms in total. The van der Waals surface area contributed by atoms with Crippen LogP contribution in [-0.2, 0) is 0 Å². The van der Waals surface area contributed by atoms with Gasteiger partial charge < -0.3 is 5.21 Å². The largest absolute Gasteiger partial charge is 0.313 e. The molecular formula is C9H18N4O. The smallest absolute Gasteiger partial charge is 0.0414 e. The molecule has 0 aliphatic carbocycles. The summed E-state index contributed by atoms with van der Waals surface area (Å²) in [6, 6.07) is -0.0200. The first-order chi connectivity index (χ1) is 6.29. The second-order valence-corrected chi connectivity index (χ2v) is 5.20. The van der Waals surface area contributed by atoms with E-state index in [9.17, 15) is 5.21 Å². The Balaban J connectivity index is 2.91. The average molecular weight is 198 g/mol.